The Morgan fingerprint density at radius 3 is 2.75 bits per heavy atom. The van der Waals surface area contributed by atoms with Gasteiger partial charge in [-0.25, -0.2) is 0 Å². The van der Waals surface area contributed by atoms with Crippen LogP contribution in [0.3, 0.4) is 0 Å². The zero-order chi connectivity index (χ0) is 12.0. The fourth-order valence-electron chi connectivity index (χ4n) is 1.48. The fraction of sp³-hybridized carbons (Fsp3) is 0.500. The smallest absolute Gasteiger partial charge is 0.119 e. The molecule has 4 heteroatoms. The zero-order valence-electron chi connectivity index (χ0n) is 9.57. The topological polar surface area (TPSA) is 38.7 Å². The van der Waals surface area contributed by atoms with Crippen LogP contribution in [0.25, 0.3) is 0 Å². The summed E-state index contributed by atoms with van der Waals surface area (Å²) >= 11 is 3.42. The van der Waals surface area contributed by atoms with Crippen molar-refractivity contribution in [3.05, 3.63) is 28.2 Å². The van der Waals surface area contributed by atoms with Gasteiger partial charge in [-0.15, -0.1) is 0 Å². The van der Waals surface area contributed by atoms with E-state index in [1.807, 2.05) is 18.2 Å². The molecule has 1 rings (SSSR count). The maximum atomic E-state index is 10.0. The van der Waals surface area contributed by atoms with E-state index in [0.717, 1.165) is 22.2 Å². The minimum Gasteiger partial charge on any atom is -0.497 e. The third-order valence-corrected chi connectivity index (χ3v) is 3.11. The molecule has 0 spiro atoms. The summed E-state index contributed by atoms with van der Waals surface area (Å²) in [6.07, 6.45) is 1.03. The van der Waals surface area contributed by atoms with E-state index in [-0.39, 0.29) is 0 Å². The molecule has 0 aliphatic rings. The van der Waals surface area contributed by atoms with Crippen molar-refractivity contribution in [1.82, 2.24) is 0 Å². The molecule has 0 saturated heterocycles. The predicted octanol–water partition coefficient (Wildman–Crippen LogP) is 2.92. The van der Waals surface area contributed by atoms with Crippen LogP contribution >= 0.6 is 15.9 Å². The van der Waals surface area contributed by atoms with Crippen LogP contribution in [0.4, 0.5) is 0 Å². The van der Waals surface area contributed by atoms with Crippen LogP contribution in [-0.2, 0) is 4.74 Å². The van der Waals surface area contributed by atoms with E-state index in [1.165, 1.54) is 0 Å². The first-order valence-corrected chi connectivity index (χ1v) is 5.98. The molecule has 1 unspecified atom stereocenters. The Bertz CT molecular complexity index is 328. The number of aliphatic hydroxyl groups excluding tert-OH is 1. The van der Waals surface area contributed by atoms with Crippen LogP contribution in [0.1, 0.15) is 24.5 Å². The number of methoxy groups -OCH3 is 2. The van der Waals surface area contributed by atoms with Gasteiger partial charge in [-0.1, -0.05) is 15.9 Å². The quantitative estimate of drug-likeness (QED) is 0.818. The second-order valence-electron chi connectivity index (χ2n) is 3.54. The second kappa shape index (κ2) is 6.89. The minimum absolute atomic E-state index is 0.486. The lowest BCUT2D eigenvalue weighted by Gasteiger charge is -2.13. The summed E-state index contributed by atoms with van der Waals surface area (Å²) in [5.74, 6) is 0.754. The number of benzene rings is 1. The Morgan fingerprint density at radius 2 is 2.12 bits per heavy atom. The standard InChI is InChI=1S/C12H17BrO3/c1-15-7-3-4-12(14)10-8-9(16-2)5-6-11(10)13/h5-6,8,12,14H,3-4,7H2,1-2H3. The lowest BCUT2D eigenvalue weighted by molar-refractivity contribution is 0.135. The van der Waals surface area contributed by atoms with Crippen LogP contribution in [0.2, 0.25) is 0 Å². The average molecular weight is 289 g/mol. The van der Waals surface area contributed by atoms with Gasteiger partial charge in [0.1, 0.15) is 5.75 Å². The van der Waals surface area contributed by atoms with Gasteiger partial charge >= 0.3 is 0 Å². The minimum atomic E-state index is -0.486. The van der Waals surface area contributed by atoms with Crippen molar-refractivity contribution in [3.8, 4) is 5.75 Å². The largest absolute Gasteiger partial charge is 0.497 e. The highest BCUT2D eigenvalue weighted by Gasteiger charge is 2.12. The molecule has 0 aromatic heterocycles. The normalized spacial score (nSPS) is 12.5. The first-order valence-electron chi connectivity index (χ1n) is 5.19. The predicted molar refractivity (Wildman–Crippen MR) is 66.8 cm³/mol. The summed E-state index contributed by atoms with van der Waals surface area (Å²) in [7, 11) is 3.28. The van der Waals surface area contributed by atoms with Crippen molar-refractivity contribution < 1.29 is 14.6 Å². The van der Waals surface area contributed by atoms with Gasteiger partial charge in [0.2, 0.25) is 0 Å². The zero-order valence-corrected chi connectivity index (χ0v) is 11.2. The number of hydrogen-bond donors (Lipinski definition) is 1. The molecule has 0 amide bonds. The van der Waals surface area contributed by atoms with E-state index in [2.05, 4.69) is 15.9 Å². The molecular weight excluding hydrogens is 272 g/mol. The molecule has 16 heavy (non-hydrogen) atoms. The maximum absolute atomic E-state index is 10.0. The molecule has 1 aromatic rings. The fourth-order valence-corrected chi connectivity index (χ4v) is 1.99. The number of halogens is 1. The SMILES string of the molecule is COCCCC(O)c1cc(OC)ccc1Br. The monoisotopic (exact) mass is 288 g/mol. The molecule has 0 aliphatic carbocycles. The van der Waals surface area contributed by atoms with Gasteiger partial charge in [-0.3, -0.25) is 0 Å². The summed E-state index contributed by atoms with van der Waals surface area (Å²) in [5, 5.41) is 10.0. The van der Waals surface area contributed by atoms with Gasteiger partial charge in [0.05, 0.1) is 13.2 Å². The van der Waals surface area contributed by atoms with Crippen molar-refractivity contribution >= 4 is 15.9 Å². The molecule has 90 valence electrons. The van der Waals surface area contributed by atoms with Crippen LogP contribution < -0.4 is 4.74 Å². The highest BCUT2D eigenvalue weighted by Crippen LogP contribution is 2.29. The van der Waals surface area contributed by atoms with Gasteiger partial charge in [-0.2, -0.15) is 0 Å². The van der Waals surface area contributed by atoms with Crippen LogP contribution in [0, 0.1) is 0 Å². The Labute approximate surface area is 105 Å². The number of hydrogen-bond acceptors (Lipinski definition) is 3. The maximum Gasteiger partial charge on any atom is 0.119 e. The van der Waals surface area contributed by atoms with E-state index in [9.17, 15) is 5.11 Å². The molecule has 0 saturated carbocycles. The van der Waals surface area contributed by atoms with E-state index < -0.39 is 6.10 Å². The highest BCUT2D eigenvalue weighted by molar-refractivity contribution is 9.10. The summed E-state index contributed by atoms with van der Waals surface area (Å²) in [6.45, 7) is 0.665. The molecule has 0 aliphatic heterocycles. The van der Waals surface area contributed by atoms with Crippen molar-refractivity contribution in [3.63, 3.8) is 0 Å². The molecule has 3 nitrogen and oxygen atoms in total. The molecule has 1 aromatic carbocycles. The Morgan fingerprint density at radius 1 is 1.38 bits per heavy atom. The first kappa shape index (κ1) is 13.5. The molecule has 0 heterocycles. The van der Waals surface area contributed by atoms with E-state index in [4.69, 9.17) is 9.47 Å². The van der Waals surface area contributed by atoms with E-state index >= 15 is 0 Å². The molecule has 0 bridgehead atoms. The first-order chi connectivity index (χ1) is 7.69. The molecular formula is C12H17BrO3. The van der Waals surface area contributed by atoms with Crippen LogP contribution in [0.5, 0.6) is 5.75 Å². The Hall–Kier alpha value is -0.580. The van der Waals surface area contributed by atoms with Gasteiger partial charge in [0, 0.05) is 18.2 Å². The molecule has 0 fully saturated rings. The van der Waals surface area contributed by atoms with E-state index in [0.29, 0.717) is 13.0 Å². The third kappa shape index (κ3) is 3.77. The molecule has 1 N–H and O–H groups in total. The number of ether oxygens (including phenoxy) is 2. The second-order valence-corrected chi connectivity index (χ2v) is 4.39. The van der Waals surface area contributed by atoms with E-state index in [1.54, 1.807) is 14.2 Å². The van der Waals surface area contributed by atoms with Gasteiger partial charge in [0.25, 0.3) is 0 Å². The van der Waals surface area contributed by atoms with Gasteiger partial charge in [-0.05, 0) is 36.6 Å². The van der Waals surface area contributed by atoms with Crippen molar-refractivity contribution in [2.45, 2.75) is 18.9 Å². The Kier molecular flexibility index (Phi) is 5.80. The summed E-state index contributed by atoms with van der Waals surface area (Å²) in [4.78, 5) is 0. The molecule has 1 atom stereocenters. The number of rotatable bonds is 6. The van der Waals surface area contributed by atoms with Crippen molar-refractivity contribution in [1.29, 1.82) is 0 Å². The van der Waals surface area contributed by atoms with Gasteiger partial charge < -0.3 is 14.6 Å². The van der Waals surface area contributed by atoms with Crippen LogP contribution in [-0.4, -0.2) is 25.9 Å². The van der Waals surface area contributed by atoms with Crippen molar-refractivity contribution in [2.24, 2.45) is 0 Å². The third-order valence-electron chi connectivity index (χ3n) is 2.39. The average Bonchev–Trinajstić information content (AvgIpc) is 2.30. The highest BCUT2D eigenvalue weighted by atomic mass is 79.9. The Balaban J connectivity index is 2.69. The van der Waals surface area contributed by atoms with Crippen molar-refractivity contribution in [2.75, 3.05) is 20.8 Å². The lowest BCUT2D eigenvalue weighted by Crippen LogP contribution is -2.01. The summed E-state index contributed by atoms with van der Waals surface area (Å²) in [6, 6.07) is 5.59. The number of aliphatic hydroxyl groups is 1. The lowest BCUT2D eigenvalue weighted by atomic mass is 10.0. The summed E-state index contributed by atoms with van der Waals surface area (Å²) < 4.78 is 11.0. The molecule has 0 radical (unpaired) electrons. The van der Waals surface area contributed by atoms with Gasteiger partial charge in [0.15, 0.2) is 0 Å². The summed E-state index contributed by atoms with van der Waals surface area (Å²) in [5.41, 5.74) is 0.857. The van der Waals surface area contributed by atoms with Crippen LogP contribution in [0.15, 0.2) is 22.7 Å².